The van der Waals surface area contributed by atoms with Gasteiger partial charge in [0, 0.05) is 24.1 Å². The van der Waals surface area contributed by atoms with E-state index >= 15 is 0 Å². The maximum absolute atomic E-state index is 8.86. The van der Waals surface area contributed by atoms with Crippen LogP contribution >= 0.6 is 0 Å². The summed E-state index contributed by atoms with van der Waals surface area (Å²) in [5, 5.41) is 21.0. The molecule has 0 bridgehead atoms. The summed E-state index contributed by atoms with van der Waals surface area (Å²) in [6, 6.07) is 10.0. The summed E-state index contributed by atoms with van der Waals surface area (Å²) < 4.78 is 0. The summed E-state index contributed by atoms with van der Waals surface area (Å²) in [5.41, 5.74) is 3.00. The van der Waals surface area contributed by atoms with Crippen molar-refractivity contribution in [3.05, 3.63) is 29.3 Å². The van der Waals surface area contributed by atoms with E-state index in [2.05, 4.69) is 17.5 Å². The molecule has 3 nitrogen and oxygen atoms in total. The molecule has 2 rings (SSSR count). The van der Waals surface area contributed by atoms with Crippen LogP contribution in [0, 0.1) is 35.0 Å². The van der Waals surface area contributed by atoms with Crippen LogP contribution in [-0.4, -0.2) is 6.54 Å². The van der Waals surface area contributed by atoms with E-state index in [4.69, 9.17) is 10.5 Å². The van der Waals surface area contributed by atoms with E-state index in [1.807, 2.05) is 25.1 Å². The van der Waals surface area contributed by atoms with Gasteiger partial charge in [0.15, 0.2) is 0 Å². The largest absolute Gasteiger partial charge is 0.384 e. The second-order valence-electron chi connectivity index (χ2n) is 4.83. The number of rotatable bonds is 4. The highest BCUT2D eigenvalue weighted by Crippen LogP contribution is 2.48. The van der Waals surface area contributed by atoms with Gasteiger partial charge in [0.05, 0.1) is 17.7 Å². The number of nitrogens with zero attached hydrogens (tertiary/aromatic N) is 2. The first-order valence-corrected chi connectivity index (χ1v) is 5.81. The van der Waals surface area contributed by atoms with Gasteiger partial charge >= 0.3 is 0 Å². The van der Waals surface area contributed by atoms with Crippen molar-refractivity contribution in [3.8, 4) is 12.1 Å². The molecular formula is C14H15N3. The van der Waals surface area contributed by atoms with Crippen molar-refractivity contribution in [2.45, 2.75) is 26.2 Å². The predicted molar refractivity (Wildman–Crippen MR) is 66.3 cm³/mol. The van der Waals surface area contributed by atoms with Crippen molar-refractivity contribution in [3.63, 3.8) is 0 Å². The van der Waals surface area contributed by atoms with E-state index in [0.29, 0.717) is 12.0 Å². The fourth-order valence-corrected chi connectivity index (χ4v) is 1.93. The van der Waals surface area contributed by atoms with Crippen LogP contribution in [0.4, 0.5) is 5.69 Å². The lowest BCUT2D eigenvalue weighted by Gasteiger charge is -2.15. The average Bonchev–Trinajstić information content (AvgIpc) is 3.09. The number of hydrogen-bond acceptors (Lipinski definition) is 3. The predicted octanol–water partition coefficient (Wildman–Crippen LogP) is 2.97. The summed E-state index contributed by atoms with van der Waals surface area (Å²) in [4.78, 5) is 0. The highest BCUT2D eigenvalue weighted by molar-refractivity contribution is 5.55. The third kappa shape index (κ3) is 2.57. The SMILES string of the molecule is Cc1ccc(C#N)cc1NCC1(CC#N)CC1. The molecule has 1 aliphatic rings. The number of hydrogen-bond donors (Lipinski definition) is 1. The second-order valence-corrected chi connectivity index (χ2v) is 4.83. The van der Waals surface area contributed by atoms with Gasteiger partial charge in [-0.1, -0.05) is 6.07 Å². The Morgan fingerprint density at radius 3 is 2.71 bits per heavy atom. The minimum absolute atomic E-state index is 0.184. The molecule has 0 spiro atoms. The van der Waals surface area contributed by atoms with Crippen LogP contribution in [0.25, 0.3) is 0 Å². The Bertz CT molecular complexity index is 501. The van der Waals surface area contributed by atoms with Crippen molar-refractivity contribution in [2.75, 3.05) is 11.9 Å². The summed E-state index contributed by atoms with van der Waals surface area (Å²) in [7, 11) is 0. The van der Waals surface area contributed by atoms with Gasteiger partial charge < -0.3 is 5.32 Å². The normalized spacial score (nSPS) is 15.7. The smallest absolute Gasteiger partial charge is 0.0992 e. The van der Waals surface area contributed by atoms with Crippen molar-refractivity contribution in [1.29, 1.82) is 10.5 Å². The molecule has 3 heteroatoms. The molecule has 1 saturated carbocycles. The Hall–Kier alpha value is -2.00. The second kappa shape index (κ2) is 4.47. The molecular weight excluding hydrogens is 210 g/mol. The molecule has 0 aromatic heterocycles. The zero-order valence-electron chi connectivity index (χ0n) is 9.95. The minimum atomic E-state index is 0.184. The number of benzene rings is 1. The Morgan fingerprint density at radius 1 is 1.35 bits per heavy atom. The highest BCUT2D eigenvalue weighted by atomic mass is 14.9. The molecule has 0 unspecified atom stereocenters. The summed E-state index contributed by atoms with van der Waals surface area (Å²) in [5.74, 6) is 0. The molecule has 1 aliphatic carbocycles. The molecule has 0 radical (unpaired) electrons. The van der Waals surface area contributed by atoms with E-state index in [1.54, 1.807) is 0 Å². The van der Waals surface area contributed by atoms with Crippen LogP contribution in [0.5, 0.6) is 0 Å². The first-order chi connectivity index (χ1) is 8.19. The third-order valence-corrected chi connectivity index (χ3v) is 3.43. The quantitative estimate of drug-likeness (QED) is 0.856. The number of aryl methyl sites for hydroxylation is 1. The van der Waals surface area contributed by atoms with Crippen LogP contribution in [0.2, 0.25) is 0 Å². The molecule has 0 heterocycles. The molecule has 1 fully saturated rings. The van der Waals surface area contributed by atoms with Crippen LogP contribution in [-0.2, 0) is 0 Å². The first kappa shape index (κ1) is 11.5. The van der Waals surface area contributed by atoms with E-state index in [0.717, 1.165) is 30.6 Å². The lowest BCUT2D eigenvalue weighted by Crippen LogP contribution is -2.15. The van der Waals surface area contributed by atoms with Gasteiger partial charge in [-0.2, -0.15) is 10.5 Å². The molecule has 1 aromatic rings. The molecule has 1 aromatic carbocycles. The maximum Gasteiger partial charge on any atom is 0.0992 e. The van der Waals surface area contributed by atoms with Crippen molar-refractivity contribution in [1.82, 2.24) is 0 Å². The van der Waals surface area contributed by atoms with Crippen molar-refractivity contribution in [2.24, 2.45) is 5.41 Å². The zero-order valence-corrected chi connectivity index (χ0v) is 9.95. The number of nitrogens with one attached hydrogen (secondary N) is 1. The van der Waals surface area contributed by atoms with E-state index in [-0.39, 0.29) is 5.41 Å². The lowest BCUT2D eigenvalue weighted by atomic mass is 10.0. The third-order valence-electron chi connectivity index (χ3n) is 3.43. The molecule has 0 saturated heterocycles. The molecule has 0 amide bonds. The molecule has 1 N–H and O–H groups in total. The fourth-order valence-electron chi connectivity index (χ4n) is 1.93. The zero-order chi connectivity index (χ0) is 12.3. The average molecular weight is 225 g/mol. The van der Waals surface area contributed by atoms with Crippen LogP contribution < -0.4 is 5.32 Å². The monoisotopic (exact) mass is 225 g/mol. The number of nitriles is 2. The Kier molecular flexibility index (Phi) is 3.02. The molecule has 86 valence electrons. The summed E-state index contributed by atoms with van der Waals surface area (Å²) in [6.07, 6.45) is 2.88. The molecule has 0 atom stereocenters. The fraction of sp³-hybridized carbons (Fsp3) is 0.429. The van der Waals surface area contributed by atoms with Crippen molar-refractivity contribution >= 4 is 5.69 Å². The summed E-state index contributed by atoms with van der Waals surface area (Å²) >= 11 is 0. The van der Waals surface area contributed by atoms with Gasteiger partial charge in [0.1, 0.15) is 0 Å². The highest BCUT2D eigenvalue weighted by Gasteiger charge is 2.42. The topological polar surface area (TPSA) is 59.6 Å². The van der Waals surface area contributed by atoms with Gasteiger partial charge in [-0.15, -0.1) is 0 Å². The van der Waals surface area contributed by atoms with E-state index < -0.39 is 0 Å². The first-order valence-electron chi connectivity index (χ1n) is 5.81. The van der Waals surface area contributed by atoms with Crippen LogP contribution in [0.1, 0.15) is 30.4 Å². The Balaban J connectivity index is 2.05. The van der Waals surface area contributed by atoms with E-state index in [9.17, 15) is 0 Å². The van der Waals surface area contributed by atoms with Crippen LogP contribution in [0.15, 0.2) is 18.2 Å². The summed E-state index contributed by atoms with van der Waals surface area (Å²) in [6.45, 7) is 2.85. The van der Waals surface area contributed by atoms with Gasteiger partial charge in [0.2, 0.25) is 0 Å². The van der Waals surface area contributed by atoms with Gasteiger partial charge in [0.25, 0.3) is 0 Å². The van der Waals surface area contributed by atoms with E-state index in [1.165, 1.54) is 0 Å². The molecule has 0 aliphatic heterocycles. The Morgan fingerprint density at radius 2 is 2.12 bits per heavy atom. The van der Waals surface area contributed by atoms with Gasteiger partial charge in [-0.05, 0) is 37.5 Å². The van der Waals surface area contributed by atoms with Crippen molar-refractivity contribution < 1.29 is 0 Å². The van der Waals surface area contributed by atoms with Gasteiger partial charge in [-0.3, -0.25) is 0 Å². The standard InChI is InChI=1S/C14H15N3/c1-11-2-3-12(9-16)8-13(11)17-10-14(4-5-14)6-7-15/h2-3,8,17H,4-6,10H2,1H3. The number of anilines is 1. The Labute approximate surface area is 102 Å². The van der Waals surface area contributed by atoms with Gasteiger partial charge in [-0.25, -0.2) is 0 Å². The molecule has 17 heavy (non-hydrogen) atoms. The maximum atomic E-state index is 8.86. The minimum Gasteiger partial charge on any atom is -0.384 e. The lowest BCUT2D eigenvalue weighted by molar-refractivity contribution is 0.557. The van der Waals surface area contributed by atoms with Crippen LogP contribution in [0.3, 0.4) is 0 Å².